The number of hydrogen-bond donors (Lipinski definition) is 1. The van der Waals surface area contributed by atoms with E-state index in [2.05, 4.69) is 5.32 Å². The summed E-state index contributed by atoms with van der Waals surface area (Å²) < 4.78 is 60.6. The molecule has 0 saturated heterocycles. The van der Waals surface area contributed by atoms with Gasteiger partial charge in [0.15, 0.2) is 9.84 Å². The molecular weight excluding hydrogens is 267 g/mol. The number of sulfone groups is 1. The van der Waals surface area contributed by atoms with Crippen LogP contribution in [0.5, 0.6) is 0 Å². The van der Waals surface area contributed by atoms with E-state index in [-0.39, 0.29) is 16.7 Å². The number of halogens is 3. The summed E-state index contributed by atoms with van der Waals surface area (Å²) in [5, 5.41) is 2.77. The largest absolute Gasteiger partial charge is 0.416 e. The van der Waals surface area contributed by atoms with Gasteiger partial charge in [-0.1, -0.05) is 0 Å². The van der Waals surface area contributed by atoms with Crippen LogP contribution >= 0.6 is 0 Å². The van der Waals surface area contributed by atoms with Gasteiger partial charge in [-0.05, 0) is 38.2 Å². The van der Waals surface area contributed by atoms with Crippen LogP contribution in [0.4, 0.5) is 13.2 Å². The molecule has 0 spiro atoms. The highest BCUT2D eigenvalue weighted by molar-refractivity contribution is 7.91. The minimum atomic E-state index is -4.46. The second-order valence-corrected chi connectivity index (χ2v) is 6.03. The summed E-state index contributed by atoms with van der Waals surface area (Å²) in [5.74, 6) is -0.158. The monoisotopic (exact) mass is 281 g/mol. The van der Waals surface area contributed by atoms with Crippen LogP contribution in [0.1, 0.15) is 12.5 Å². The molecule has 0 aromatic heterocycles. The molecule has 0 aliphatic rings. The Hall–Kier alpha value is -1.08. The third kappa shape index (κ3) is 3.71. The van der Waals surface area contributed by atoms with E-state index in [1.54, 1.807) is 14.0 Å². The minimum Gasteiger partial charge on any atom is -0.316 e. The number of rotatable bonds is 4. The molecule has 1 aromatic rings. The van der Waals surface area contributed by atoms with Gasteiger partial charge < -0.3 is 5.32 Å². The predicted molar refractivity (Wildman–Crippen MR) is 62.0 cm³/mol. The number of alkyl halides is 3. The van der Waals surface area contributed by atoms with Crippen LogP contribution in [0.15, 0.2) is 29.2 Å². The first-order chi connectivity index (χ1) is 8.16. The van der Waals surface area contributed by atoms with Gasteiger partial charge in [0.1, 0.15) is 0 Å². The lowest BCUT2D eigenvalue weighted by atomic mass is 10.2. The van der Waals surface area contributed by atoms with E-state index in [4.69, 9.17) is 0 Å². The molecule has 0 heterocycles. The van der Waals surface area contributed by atoms with Crippen molar-refractivity contribution in [1.29, 1.82) is 0 Å². The molecule has 18 heavy (non-hydrogen) atoms. The van der Waals surface area contributed by atoms with Gasteiger partial charge in [0.25, 0.3) is 0 Å². The summed E-state index contributed by atoms with van der Waals surface area (Å²) in [7, 11) is -1.95. The minimum absolute atomic E-state index is 0.0994. The average molecular weight is 281 g/mol. The van der Waals surface area contributed by atoms with Crippen LogP contribution in [-0.4, -0.2) is 27.3 Å². The van der Waals surface area contributed by atoms with Crippen LogP contribution in [-0.2, 0) is 16.0 Å². The summed E-state index contributed by atoms with van der Waals surface area (Å²) in [6.07, 6.45) is -4.46. The Morgan fingerprint density at radius 2 is 1.72 bits per heavy atom. The Morgan fingerprint density at radius 1 is 1.22 bits per heavy atom. The molecule has 1 N–H and O–H groups in total. The van der Waals surface area contributed by atoms with E-state index in [0.717, 1.165) is 24.3 Å². The van der Waals surface area contributed by atoms with E-state index in [0.29, 0.717) is 0 Å². The SMILES string of the molecule is CNC(C)CS(=O)(=O)c1ccc(C(F)(F)F)cc1. The molecule has 1 rings (SSSR count). The lowest BCUT2D eigenvalue weighted by molar-refractivity contribution is -0.137. The highest BCUT2D eigenvalue weighted by Crippen LogP contribution is 2.29. The summed E-state index contributed by atoms with van der Waals surface area (Å²) in [4.78, 5) is -0.0994. The molecule has 0 amide bonds. The standard InChI is InChI=1S/C11H14F3NO2S/c1-8(15-2)7-18(16,17)10-5-3-9(4-6-10)11(12,13)14/h3-6,8,15H,7H2,1-2H3. The maximum absolute atomic E-state index is 12.3. The fourth-order valence-electron chi connectivity index (χ4n) is 1.36. The molecule has 102 valence electrons. The Kier molecular flexibility index (Phi) is 4.39. The molecule has 1 aromatic carbocycles. The molecule has 1 unspecified atom stereocenters. The van der Waals surface area contributed by atoms with Crippen LogP contribution in [0.2, 0.25) is 0 Å². The van der Waals surface area contributed by atoms with Crippen molar-refractivity contribution < 1.29 is 21.6 Å². The van der Waals surface area contributed by atoms with E-state index < -0.39 is 21.6 Å². The summed E-state index contributed by atoms with van der Waals surface area (Å²) in [6.45, 7) is 1.68. The molecule has 3 nitrogen and oxygen atoms in total. The van der Waals surface area contributed by atoms with Crippen molar-refractivity contribution in [2.45, 2.75) is 24.0 Å². The number of nitrogens with one attached hydrogen (secondary N) is 1. The molecule has 0 radical (unpaired) electrons. The zero-order chi connectivity index (χ0) is 14.0. The molecular formula is C11H14F3NO2S. The molecule has 0 saturated carbocycles. The third-order valence-electron chi connectivity index (χ3n) is 2.50. The van der Waals surface area contributed by atoms with Gasteiger partial charge in [0.05, 0.1) is 16.2 Å². The maximum Gasteiger partial charge on any atom is 0.416 e. The molecule has 0 fully saturated rings. The van der Waals surface area contributed by atoms with Crippen LogP contribution < -0.4 is 5.32 Å². The van der Waals surface area contributed by atoms with Gasteiger partial charge in [0.2, 0.25) is 0 Å². The van der Waals surface area contributed by atoms with Crippen molar-refractivity contribution >= 4 is 9.84 Å². The van der Waals surface area contributed by atoms with Crippen molar-refractivity contribution in [2.75, 3.05) is 12.8 Å². The van der Waals surface area contributed by atoms with E-state index >= 15 is 0 Å². The first kappa shape index (κ1) is 15.0. The van der Waals surface area contributed by atoms with Gasteiger partial charge in [-0.2, -0.15) is 13.2 Å². The van der Waals surface area contributed by atoms with Crippen LogP contribution in [0, 0.1) is 0 Å². The van der Waals surface area contributed by atoms with E-state index in [9.17, 15) is 21.6 Å². The second kappa shape index (κ2) is 5.27. The third-order valence-corrected chi connectivity index (χ3v) is 4.43. The predicted octanol–water partition coefficient (Wildman–Crippen LogP) is 2.09. The van der Waals surface area contributed by atoms with Crippen molar-refractivity contribution in [3.05, 3.63) is 29.8 Å². The highest BCUT2D eigenvalue weighted by atomic mass is 32.2. The number of hydrogen-bond acceptors (Lipinski definition) is 3. The van der Waals surface area contributed by atoms with Gasteiger partial charge in [0, 0.05) is 6.04 Å². The summed E-state index contributed by atoms with van der Waals surface area (Å²) in [6, 6.07) is 3.26. The highest BCUT2D eigenvalue weighted by Gasteiger charge is 2.30. The second-order valence-electron chi connectivity index (χ2n) is 3.99. The topological polar surface area (TPSA) is 46.2 Å². The fraction of sp³-hybridized carbons (Fsp3) is 0.455. The van der Waals surface area contributed by atoms with E-state index in [1.165, 1.54) is 0 Å². The van der Waals surface area contributed by atoms with Gasteiger partial charge in [-0.25, -0.2) is 8.42 Å². The van der Waals surface area contributed by atoms with Gasteiger partial charge in [-0.3, -0.25) is 0 Å². The fourth-order valence-corrected chi connectivity index (χ4v) is 2.93. The molecule has 0 aliphatic carbocycles. The Balaban J connectivity index is 2.98. The van der Waals surface area contributed by atoms with Crippen LogP contribution in [0.25, 0.3) is 0 Å². The van der Waals surface area contributed by atoms with Crippen molar-refractivity contribution in [3.8, 4) is 0 Å². The Labute approximate surface area is 104 Å². The Bertz CT molecular complexity index is 494. The van der Waals surface area contributed by atoms with Crippen LogP contribution in [0.3, 0.4) is 0 Å². The zero-order valence-corrected chi connectivity index (χ0v) is 10.8. The lowest BCUT2D eigenvalue weighted by Gasteiger charge is -2.12. The summed E-state index contributed by atoms with van der Waals surface area (Å²) >= 11 is 0. The average Bonchev–Trinajstić information content (AvgIpc) is 2.27. The first-order valence-electron chi connectivity index (χ1n) is 5.24. The Morgan fingerprint density at radius 3 is 2.11 bits per heavy atom. The lowest BCUT2D eigenvalue weighted by Crippen LogP contribution is -2.29. The maximum atomic E-state index is 12.3. The first-order valence-corrected chi connectivity index (χ1v) is 6.89. The molecule has 7 heteroatoms. The van der Waals surface area contributed by atoms with Crippen molar-refractivity contribution in [2.24, 2.45) is 0 Å². The van der Waals surface area contributed by atoms with Crippen molar-refractivity contribution in [1.82, 2.24) is 5.32 Å². The van der Waals surface area contributed by atoms with Gasteiger partial charge in [-0.15, -0.1) is 0 Å². The number of benzene rings is 1. The van der Waals surface area contributed by atoms with Crippen molar-refractivity contribution in [3.63, 3.8) is 0 Å². The molecule has 1 atom stereocenters. The quantitative estimate of drug-likeness (QED) is 0.919. The van der Waals surface area contributed by atoms with Gasteiger partial charge >= 0.3 is 6.18 Å². The summed E-state index contributed by atoms with van der Waals surface area (Å²) in [5.41, 5.74) is -0.858. The zero-order valence-electron chi connectivity index (χ0n) is 9.95. The molecule has 0 bridgehead atoms. The normalized spacial score (nSPS) is 14.5. The molecule has 0 aliphatic heterocycles. The smallest absolute Gasteiger partial charge is 0.316 e. The van der Waals surface area contributed by atoms with E-state index in [1.807, 2.05) is 0 Å².